The first-order valence-corrected chi connectivity index (χ1v) is 5.66. The molecule has 1 aromatic carbocycles. The molecule has 3 nitrogen and oxygen atoms in total. The van der Waals surface area contributed by atoms with Gasteiger partial charge in [0.2, 0.25) is 0 Å². The Morgan fingerprint density at radius 1 is 1.33 bits per heavy atom. The Balaban J connectivity index is 2.48. The number of hydrogen-bond donors (Lipinski definition) is 1. The van der Waals surface area contributed by atoms with Crippen LogP contribution in [0.4, 0.5) is 5.69 Å². The quantitative estimate of drug-likeness (QED) is 0.754. The van der Waals surface area contributed by atoms with Crippen molar-refractivity contribution in [3.8, 4) is 5.75 Å². The molecule has 2 N–H and O–H groups in total. The average Bonchev–Trinajstić information content (AvgIpc) is 2.56. The summed E-state index contributed by atoms with van der Waals surface area (Å²) in [6.45, 7) is 5.99. The zero-order chi connectivity index (χ0) is 11.1. The molecule has 0 radical (unpaired) electrons. The number of benzene rings is 1. The maximum atomic E-state index is 5.99. The predicted octanol–water partition coefficient (Wildman–Crippen LogP) is 3.06. The van der Waals surface area contributed by atoms with Crippen molar-refractivity contribution in [2.24, 2.45) is 0 Å². The maximum Gasteiger partial charge on any atom is 0.145 e. The van der Waals surface area contributed by atoms with E-state index >= 15 is 0 Å². The minimum atomic E-state index is -0.238. The summed E-state index contributed by atoms with van der Waals surface area (Å²) in [7, 11) is 0. The second-order valence-electron chi connectivity index (χ2n) is 4.39. The number of hydrogen-bond acceptors (Lipinski definition) is 4. The summed E-state index contributed by atoms with van der Waals surface area (Å²) in [5.74, 6) is 0.709. The van der Waals surface area contributed by atoms with E-state index in [4.69, 9.17) is 10.5 Å². The highest BCUT2D eigenvalue weighted by Crippen LogP contribution is 2.33. The van der Waals surface area contributed by atoms with E-state index in [9.17, 15) is 0 Å². The molecule has 0 aliphatic rings. The monoisotopic (exact) mass is 222 g/mol. The molecular formula is C11H14N2OS. The van der Waals surface area contributed by atoms with Crippen LogP contribution in [0.15, 0.2) is 17.6 Å². The average molecular weight is 222 g/mol. The lowest BCUT2D eigenvalue weighted by molar-refractivity contribution is 0.132. The number of fused-ring (bicyclic) bond motifs is 1. The number of aromatic nitrogens is 1. The first-order chi connectivity index (χ1) is 6.97. The summed E-state index contributed by atoms with van der Waals surface area (Å²) in [6, 6.07) is 3.89. The molecule has 4 heteroatoms. The standard InChI is InChI=1S/C11H14N2OS/c1-11(2,3)14-7-4-5-8-10(9(7)12)13-6-15-8/h4-6H,12H2,1-3H3. The SMILES string of the molecule is CC(C)(C)Oc1ccc2scnc2c1N. The van der Waals surface area contributed by atoms with Gasteiger partial charge in [-0.1, -0.05) is 0 Å². The summed E-state index contributed by atoms with van der Waals surface area (Å²) in [5, 5.41) is 0. The molecule has 2 aromatic rings. The fraction of sp³-hybridized carbons (Fsp3) is 0.364. The summed E-state index contributed by atoms with van der Waals surface area (Å²) in [5.41, 5.74) is 9.01. The van der Waals surface area contributed by atoms with Crippen LogP contribution in [0.3, 0.4) is 0 Å². The Kier molecular flexibility index (Phi) is 2.31. The van der Waals surface area contributed by atoms with Crippen LogP contribution in [-0.2, 0) is 0 Å². The van der Waals surface area contributed by atoms with Gasteiger partial charge in [0.15, 0.2) is 0 Å². The van der Waals surface area contributed by atoms with E-state index in [1.54, 1.807) is 16.8 Å². The van der Waals surface area contributed by atoms with Crippen molar-refractivity contribution in [1.29, 1.82) is 0 Å². The number of thiazole rings is 1. The molecule has 0 aliphatic carbocycles. The lowest BCUT2D eigenvalue weighted by Crippen LogP contribution is -2.23. The molecule has 0 amide bonds. The van der Waals surface area contributed by atoms with Crippen molar-refractivity contribution < 1.29 is 4.74 Å². The molecule has 0 saturated carbocycles. The lowest BCUT2D eigenvalue weighted by Gasteiger charge is -2.22. The fourth-order valence-electron chi connectivity index (χ4n) is 1.35. The largest absolute Gasteiger partial charge is 0.486 e. The van der Waals surface area contributed by atoms with Crippen LogP contribution in [0.1, 0.15) is 20.8 Å². The first kappa shape index (κ1) is 10.2. The molecule has 0 atom stereocenters. The highest BCUT2D eigenvalue weighted by atomic mass is 32.1. The van der Waals surface area contributed by atoms with Crippen molar-refractivity contribution in [3.05, 3.63) is 17.6 Å². The molecule has 0 unspecified atom stereocenters. The Bertz CT molecular complexity index is 485. The van der Waals surface area contributed by atoms with Gasteiger partial charge in [0.25, 0.3) is 0 Å². The van der Waals surface area contributed by atoms with E-state index in [2.05, 4.69) is 4.98 Å². The smallest absolute Gasteiger partial charge is 0.145 e. The van der Waals surface area contributed by atoms with E-state index in [0.29, 0.717) is 11.4 Å². The van der Waals surface area contributed by atoms with E-state index in [1.807, 2.05) is 32.9 Å². The normalized spacial score (nSPS) is 11.9. The van der Waals surface area contributed by atoms with Crippen molar-refractivity contribution in [3.63, 3.8) is 0 Å². The van der Waals surface area contributed by atoms with Gasteiger partial charge in [-0.3, -0.25) is 0 Å². The van der Waals surface area contributed by atoms with Crippen LogP contribution in [0.25, 0.3) is 10.2 Å². The molecule has 0 bridgehead atoms. The van der Waals surface area contributed by atoms with E-state index in [0.717, 1.165) is 10.2 Å². The number of nitrogen functional groups attached to an aromatic ring is 1. The van der Waals surface area contributed by atoms with Gasteiger partial charge in [-0.25, -0.2) is 4.98 Å². The highest BCUT2D eigenvalue weighted by molar-refractivity contribution is 7.16. The number of nitrogens with two attached hydrogens (primary N) is 1. The van der Waals surface area contributed by atoms with Crippen LogP contribution < -0.4 is 10.5 Å². The van der Waals surface area contributed by atoms with Crippen LogP contribution >= 0.6 is 11.3 Å². The summed E-state index contributed by atoms with van der Waals surface area (Å²) >= 11 is 1.58. The maximum absolute atomic E-state index is 5.99. The topological polar surface area (TPSA) is 48.1 Å². The van der Waals surface area contributed by atoms with Crippen LogP contribution in [0.5, 0.6) is 5.75 Å². The molecule has 15 heavy (non-hydrogen) atoms. The third-order valence-electron chi connectivity index (χ3n) is 1.92. The third-order valence-corrected chi connectivity index (χ3v) is 2.71. The predicted molar refractivity (Wildman–Crippen MR) is 64.4 cm³/mol. The molecule has 1 aromatic heterocycles. The number of anilines is 1. The molecule has 80 valence electrons. The Morgan fingerprint density at radius 2 is 2.07 bits per heavy atom. The second kappa shape index (κ2) is 3.38. The third kappa shape index (κ3) is 2.04. The van der Waals surface area contributed by atoms with Crippen molar-refractivity contribution in [2.75, 3.05) is 5.73 Å². The van der Waals surface area contributed by atoms with Crippen molar-refractivity contribution >= 4 is 27.2 Å². The van der Waals surface area contributed by atoms with Gasteiger partial charge in [-0.2, -0.15) is 0 Å². The van der Waals surface area contributed by atoms with Gasteiger partial charge in [-0.05, 0) is 32.9 Å². The Hall–Kier alpha value is -1.29. The minimum Gasteiger partial charge on any atom is -0.486 e. The van der Waals surface area contributed by atoms with Crippen molar-refractivity contribution in [2.45, 2.75) is 26.4 Å². The summed E-state index contributed by atoms with van der Waals surface area (Å²) in [6.07, 6.45) is 0. The van der Waals surface area contributed by atoms with Gasteiger partial charge in [0.05, 0.1) is 10.2 Å². The van der Waals surface area contributed by atoms with E-state index < -0.39 is 0 Å². The van der Waals surface area contributed by atoms with Gasteiger partial charge in [0, 0.05) is 0 Å². The molecular weight excluding hydrogens is 208 g/mol. The minimum absolute atomic E-state index is 0.238. The summed E-state index contributed by atoms with van der Waals surface area (Å²) < 4.78 is 6.84. The van der Waals surface area contributed by atoms with E-state index in [1.165, 1.54) is 0 Å². The number of rotatable bonds is 1. The second-order valence-corrected chi connectivity index (χ2v) is 5.28. The molecule has 2 rings (SSSR count). The van der Waals surface area contributed by atoms with Crippen LogP contribution in [-0.4, -0.2) is 10.6 Å². The zero-order valence-electron chi connectivity index (χ0n) is 9.07. The summed E-state index contributed by atoms with van der Waals surface area (Å²) in [4.78, 5) is 4.22. The lowest BCUT2D eigenvalue weighted by atomic mass is 10.2. The van der Waals surface area contributed by atoms with Crippen LogP contribution in [0, 0.1) is 0 Å². The van der Waals surface area contributed by atoms with Crippen LogP contribution in [0.2, 0.25) is 0 Å². The molecule has 1 heterocycles. The zero-order valence-corrected chi connectivity index (χ0v) is 9.89. The number of nitrogens with zero attached hydrogens (tertiary/aromatic N) is 1. The van der Waals surface area contributed by atoms with Gasteiger partial charge < -0.3 is 10.5 Å². The van der Waals surface area contributed by atoms with Gasteiger partial charge in [-0.15, -0.1) is 11.3 Å². The fourth-order valence-corrected chi connectivity index (χ4v) is 2.05. The van der Waals surface area contributed by atoms with Gasteiger partial charge >= 0.3 is 0 Å². The van der Waals surface area contributed by atoms with Gasteiger partial charge in [0.1, 0.15) is 22.6 Å². The number of ether oxygens (including phenoxy) is 1. The molecule has 0 fully saturated rings. The Labute approximate surface area is 92.9 Å². The highest BCUT2D eigenvalue weighted by Gasteiger charge is 2.15. The Morgan fingerprint density at radius 3 is 2.73 bits per heavy atom. The first-order valence-electron chi connectivity index (χ1n) is 4.78. The van der Waals surface area contributed by atoms with Crippen molar-refractivity contribution in [1.82, 2.24) is 4.98 Å². The van der Waals surface area contributed by atoms with E-state index in [-0.39, 0.29) is 5.60 Å². The molecule has 0 spiro atoms. The molecule has 0 saturated heterocycles. The molecule has 0 aliphatic heterocycles.